The SMILES string of the molecule is C[C@@H](NC(=O)/C=C/c1cccc(Cl)c1)C(=O)NC1CCS(=O)(=O)C1. The zero-order valence-corrected chi connectivity index (χ0v) is 14.7. The van der Waals surface area contributed by atoms with Gasteiger partial charge < -0.3 is 10.6 Å². The Bertz CT molecular complexity index is 761. The van der Waals surface area contributed by atoms with Crippen molar-refractivity contribution in [1.29, 1.82) is 0 Å². The first-order valence-corrected chi connectivity index (χ1v) is 9.70. The highest BCUT2D eigenvalue weighted by atomic mass is 35.5. The first-order chi connectivity index (χ1) is 11.2. The van der Waals surface area contributed by atoms with Crippen LogP contribution in [0.5, 0.6) is 0 Å². The Morgan fingerprint density at radius 2 is 2.12 bits per heavy atom. The van der Waals surface area contributed by atoms with E-state index < -0.39 is 27.7 Å². The van der Waals surface area contributed by atoms with Gasteiger partial charge in [-0.25, -0.2) is 8.42 Å². The van der Waals surface area contributed by atoms with Crippen molar-refractivity contribution in [2.24, 2.45) is 0 Å². The van der Waals surface area contributed by atoms with Crippen LogP contribution in [-0.4, -0.2) is 43.8 Å². The van der Waals surface area contributed by atoms with Gasteiger partial charge in [0.2, 0.25) is 11.8 Å². The Labute approximate surface area is 146 Å². The summed E-state index contributed by atoms with van der Waals surface area (Å²) in [6.07, 6.45) is 3.31. The van der Waals surface area contributed by atoms with Crippen molar-refractivity contribution in [2.75, 3.05) is 11.5 Å². The molecule has 1 aliphatic heterocycles. The molecular formula is C16H19ClN2O4S. The zero-order chi connectivity index (χ0) is 17.7. The van der Waals surface area contributed by atoms with Gasteiger partial charge in [0.1, 0.15) is 6.04 Å². The lowest BCUT2D eigenvalue weighted by Gasteiger charge is -2.16. The van der Waals surface area contributed by atoms with E-state index in [0.717, 1.165) is 5.56 Å². The van der Waals surface area contributed by atoms with Crippen LogP contribution in [-0.2, 0) is 19.4 Å². The van der Waals surface area contributed by atoms with Gasteiger partial charge in [-0.2, -0.15) is 0 Å². The summed E-state index contributed by atoms with van der Waals surface area (Å²) in [4.78, 5) is 23.9. The summed E-state index contributed by atoms with van der Waals surface area (Å²) in [5.74, 6) is -0.784. The van der Waals surface area contributed by atoms with Crippen LogP contribution in [0.15, 0.2) is 30.3 Å². The second kappa shape index (κ2) is 7.81. The molecule has 0 saturated carbocycles. The van der Waals surface area contributed by atoms with Gasteiger partial charge in [0.05, 0.1) is 11.5 Å². The maximum absolute atomic E-state index is 12.0. The van der Waals surface area contributed by atoms with Crippen LogP contribution in [0, 0.1) is 0 Å². The molecule has 0 aromatic heterocycles. The van der Waals surface area contributed by atoms with Gasteiger partial charge in [-0.05, 0) is 37.1 Å². The molecule has 1 aromatic rings. The number of nitrogens with one attached hydrogen (secondary N) is 2. The summed E-state index contributed by atoms with van der Waals surface area (Å²) in [5, 5.41) is 5.75. The minimum atomic E-state index is -3.06. The fourth-order valence-electron chi connectivity index (χ4n) is 2.34. The van der Waals surface area contributed by atoms with Crippen molar-refractivity contribution < 1.29 is 18.0 Å². The molecule has 2 rings (SSSR count). The molecule has 6 nitrogen and oxygen atoms in total. The minimum Gasteiger partial charge on any atom is -0.351 e. The Balaban J connectivity index is 1.83. The van der Waals surface area contributed by atoms with Gasteiger partial charge in [0.15, 0.2) is 9.84 Å². The number of carbonyl (C=O) groups excluding carboxylic acids is 2. The largest absolute Gasteiger partial charge is 0.351 e. The number of sulfone groups is 1. The lowest BCUT2D eigenvalue weighted by molar-refractivity contribution is -0.127. The lowest BCUT2D eigenvalue weighted by Crippen LogP contribution is -2.48. The fraction of sp³-hybridized carbons (Fsp3) is 0.375. The summed E-state index contributed by atoms with van der Waals surface area (Å²) >= 11 is 5.86. The van der Waals surface area contributed by atoms with E-state index in [0.29, 0.717) is 11.4 Å². The highest BCUT2D eigenvalue weighted by molar-refractivity contribution is 7.91. The van der Waals surface area contributed by atoms with Crippen molar-refractivity contribution in [3.63, 3.8) is 0 Å². The van der Waals surface area contributed by atoms with Crippen molar-refractivity contribution in [3.05, 3.63) is 40.9 Å². The standard InChI is InChI=1S/C16H19ClN2O4S/c1-11(16(21)19-14-7-8-24(22,23)10-14)18-15(20)6-5-12-3-2-4-13(17)9-12/h2-6,9,11,14H,7-8,10H2,1H3,(H,18,20)(H,19,21)/b6-5+/t11-,14?/m1/s1. The molecule has 1 aliphatic rings. The molecule has 24 heavy (non-hydrogen) atoms. The minimum absolute atomic E-state index is 0.0475. The molecule has 1 fully saturated rings. The summed E-state index contributed by atoms with van der Waals surface area (Å²) in [7, 11) is -3.06. The number of hydrogen-bond donors (Lipinski definition) is 2. The Hall–Kier alpha value is -1.86. The van der Waals surface area contributed by atoms with E-state index in [1.54, 1.807) is 37.3 Å². The van der Waals surface area contributed by atoms with Gasteiger partial charge in [-0.1, -0.05) is 23.7 Å². The van der Waals surface area contributed by atoms with Crippen LogP contribution in [0.2, 0.25) is 5.02 Å². The molecule has 2 N–H and O–H groups in total. The van der Waals surface area contributed by atoms with Crippen molar-refractivity contribution >= 4 is 39.3 Å². The molecule has 0 bridgehead atoms. The average molecular weight is 371 g/mol. The molecule has 2 atom stereocenters. The van der Waals surface area contributed by atoms with E-state index in [1.807, 2.05) is 0 Å². The molecule has 0 aliphatic carbocycles. The molecule has 0 spiro atoms. The topological polar surface area (TPSA) is 92.3 Å². The molecule has 2 amide bonds. The van der Waals surface area contributed by atoms with Gasteiger partial charge in [0, 0.05) is 17.1 Å². The first kappa shape index (κ1) is 18.5. The van der Waals surface area contributed by atoms with Gasteiger partial charge in [0.25, 0.3) is 0 Å². The van der Waals surface area contributed by atoms with Crippen LogP contribution in [0.4, 0.5) is 0 Å². The summed E-state index contributed by atoms with van der Waals surface area (Å²) in [6.45, 7) is 1.55. The normalized spacial score (nSPS) is 20.7. The second-order valence-corrected chi connectivity index (χ2v) is 8.39. The molecule has 1 saturated heterocycles. The predicted molar refractivity (Wildman–Crippen MR) is 93.3 cm³/mol. The lowest BCUT2D eigenvalue weighted by atomic mass is 10.2. The highest BCUT2D eigenvalue weighted by Gasteiger charge is 2.30. The number of amides is 2. The van der Waals surface area contributed by atoms with Gasteiger partial charge >= 0.3 is 0 Å². The van der Waals surface area contributed by atoms with E-state index in [1.165, 1.54) is 6.08 Å². The molecule has 130 valence electrons. The van der Waals surface area contributed by atoms with Crippen LogP contribution >= 0.6 is 11.6 Å². The molecular weight excluding hydrogens is 352 g/mol. The van der Waals surface area contributed by atoms with Crippen molar-refractivity contribution in [1.82, 2.24) is 10.6 Å². The van der Waals surface area contributed by atoms with Crippen LogP contribution in [0.25, 0.3) is 6.08 Å². The van der Waals surface area contributed by atoms with Crippen molar-refractivity contribution in [2.45, 2.75) is 25.4 Å². The molecule has 1 aromatic carbocycles. The van der Waals surface area contributed by atoms with Crippen LogP contribution in [0.3, 0.4) is 0 Å². The summed E-state index contributed by atoms with van der Waals surface area (Å²) in [6, 6.07) is 5.86. The highest BCUT2D eigenvalue weighted by Crippen LogP contribution is 2.12. The average Bonchev–Trinajstić information content (AvgIpc) is 2.84. The molecule has 0 radical (unpaired) electrons. The molecule has 1 unspecified atom stereocenters. The summed E-state index contributed by atoms with van der Waals surface area (Å²) < 4.78 is 22.7. The van der Waals surface area contributed by atoms with Gasteiger partial charge in [-0.3, -0.25) is 9.59 Å². The number of carbonyl (C=O) groups is 2. The maximum atomic E-state index is 12.0. The van der Waals surface area contributed by atoms with Gasteiger partial charge in [-0.15, -0.1) is 0 Å². The van der Waals surface area contributed by atoms with Crippen LogP contribution in [0.1, 0.15) is 18.9 Å². The van der Waals surface area contributed by atoms with E-state index in [2.05, 4.69) is 10.6 Å². The second-order valence-electron chi connectivity index (χ2n) is 5.73. The smallest absolute Gasteiger partial charge is 0.244 e. The van der Waals surface area contributed by atoms with Crippen molar-refractivity contribution in [3.8, 4) is 0 Å². The third-order valence-electron chi connectivity index (χ3n) is 3.61. The van der Waals surface area contributed by atoms with E-state index in [4.69, 9.17) is 11.6 Å². The first-order valence-electron chi connectivity index (χ1n) is 7.50. The Kier molecular flexibility index (Phi) is 6.01. The molecule has 8 heteroatoms. The number of hydrogen-bond acceptors (Lipinski definition) is 4. The quantitative estimate of drug-likeness (QED) is 0.761. The van der Waals surface area contributed by atoms with E-state index >= 15 is 0 Å². The Morgan fingerprint density at radius 1 is 1.38 bits per heavy atom. The number of benzene rings is 1. The van der Waals surface area contributed by atoms with E-state index in [-0.39, 0.29) is 17.5 Å². The monoisotopic (exact) mass is 370 g/mol. The van der Waals surface area contributed by atoms with Crippen LogP contribution < -0.4 is 10.6 Å². The Morgan fingerprint density at radius 3 is 2.75 bits per heavy atom. The molecule has 1 heterocycles. The fourth-order valence-corrected chi connectivity index (χ4v) is 4.22. The maximum Gasteiger partial charge on any atom is 0.244 e. The van der Waals surface area contributed by atoms with E-state index in [9.17, 15) is 18.0 Å². The number of halogens is 1. The third-order valence-corrected chi connectivity index (χ3v) is 5.61. The third kappa shape index (κ3) is 5.65. The summed E-state index contributed by atoms with van der Waals surface area (Å²) in [5.41, 5.74) is 0.769. The zero-order valence-electron chi connectivity index (χ0n) is 13.2. The predicted octanol–water partition coefficient (Wildman–Crippen LogP) is 1.16. The number of rotatable bonds is 5.